The van der Waals surface area contributed by atoms with E-state index in [2.05, 4.69) is 5.32 Å². The van der Waals surface area contributed by atoms with E-state index >= 15 is 0 Å². The number of ketones is 1. The Balaban J connectivity index is 1.74. The van der Waals surface area contributed by atoms with Crippen molar-refractivity contribution in [3.8, 4) is 5.75 Å². The van der Waals surface area contributed by atoms with E-state index in [-0.39, 0.29) is 24.7 Å². The van der Waals surface area contributed by atoms with Crippen molar-refractivity contribution in [2.24, 2.45) is 0 Å². The summed E-state index contributed by atoms with van der Waals surface area (Å²) in [6, 6.07) is 24.2. The Hall–Kier alpha value is -4.14. The lowest BCUT2D eigenvalue weighted by Crippen LogP contribution is -2.51. The van der Waals surface area contributed by atoms with Crippen LogP contribution < -0.4 is 15.0 Å². The number of thiophene rings is 1. The molecular formula is C33H33ClN2O5S. The Bertz CT molecular complexity index is 1510. The van der Waals surface area contributed by atoms with Crippen LogP contribution in [0.25, 0.3) is 0 Å². The molecule has 4 aromatic rings. The number of amides is 2. The number of hydrogen-bond donors (Lipinski definition) is 1. The van der Waals surface area contributed by atoms with E-state index in [1.165, 1.54) is 11.3 Å². The van der Waals surface area contributed by atoms with Crippen molar-refractivity contribution in [1.82, 2.24) is 5.32 Å². The minimum absolute atomic E-state index is 0.155. The number of ether oxygens (including phenoxy) is 2. The maximum absolute atomic E-state index is 14.4. The second kappa shape index (κ2) is 13.7. The first kappa shape index (κ1) is 30.8. The number of carbonyl (C=O) groups excluding carboxylic acids is 3. The van der Waals surface area contributed by atoms with Crippen molar-refractivity contribution in [3.05, 3.63) is 117 Å². The first-order valence-electron chi connectivity index (χ1n) is 13.4. The normalized spacial score (nSPS) is 11.8. The molecular weight excluding hydrogens is 572 g/mol. The number of halogens is 1. The largest absolute Gasteiger partial charge is 0.497 e. The van der Waals surface area contributed by atoms with Gasteiger partial charge in [-0.15, -0.1) is 11.3 Å². The highest BCUT2D eigenvalue weighted by Gasteiger charge is 2.32. The number of benzene rings is 3. The third kappa shape index (κ3) is 8.21. The van der Waals surface area contributed by atoms with E-state index in [1.807, 2.05) is 54.6 Å². The maximum Gasteiger partial charge on any atom is 0.408 e. The van der Waals surface area contributed by atoms with Crippen molar-refractivity contribution in [3.63, 3.8) is 0 Å². The molecule has 2 amide bonds. The van der Waals surface area contributed by atoms with Crippen molar-refractivity contribution in [1.29, 1.82) is 0 Å². The molecule has 218 valence electrons. The van der Waals surface area contributed by atoms with Crippen LogP contribution in [-0.2, 0) is 22.5 Å². The van der Waals surface area contributed by atoms with Gasteiger partial charge in [0.2, 0.25) is 11.7 Å². The fourth-order valence-electron chi connectivity index (χ4n) is 4.30. The number of hydrogen-bond acceptors (Lipinski definition) is 6. The second-order valence-corrected chi connectivity index (χ2v) is 12.0. The summed E-state index contributed by atoms with van der Waals surface area (Å²) in [6.45, 7) is 5.44. The standard InChI is InChI=1S/C33H33ClN2O5S/c1-33(2,3)41-32(39)35-27(20-22-8-6-5-7-9-22)31(38)36(21-23-10-16-26(40-4)17-11-23)28-18-19-42-30(28)29(37)24-12-14-25(34)15-13-24/h5-19,27H,20-21H2,1-4H3,(H,35,39)/t27-/m0/s1. The van der Waals surface area contributed by atoms with Crippen molar-refractivity contribution in [2.75, 3.05) is 12.0 Å². The van der Waals surface area contributed by atoms with Gasteiger partial charge in [-0.2, -0.15) is 0 Å². The van der Waals surface area contributed by atoms with Crippen LogP contribution in [0, 0.1) is 0 Å². The molecule has 0 fully saturated rings. The summed E-state index contributed by atoms with van der Waals surface area (Å²) in [6.07, 6.45) is -0.480. The van der Waals surface area contributed by atoms with Crippen molar-refractivity contribution >= 4 is 46.4 Å². The Morgan fingerprint density at radius 1 is 0.905 bits per heavy atom. The zero-order chi connectivity index (χ0) is 30.3. The number of methoxy groups -OCH3 is 1. The SMILES string of the molecule is COc1ccc(CN(C(=O)[C@H](Cc2ccccc2)NC(=O)OC(C)(C)C)c2ccsc2C(=O)c2ccc(Cl)cc2)cc1. The predicted molar refractivity (Wildman–Crippen MR) is 167 cm³/mol. The smallest absolute Gasteiger partial charge is 0.408 e. The molecule has 0 saturated carbocycles. The highest BCUT2D eigenvalue weighted by molar-refractivity contribution is 7.13. The average Bonchev–Trinajstić information content (AvgIpc) is 3.45. The zero-order valence-corrected chi connectivity index (χ0v) is 25.5. The van der Waals surface area contributed by atoms with Crippen LogP contribution in [0.4, 0.5) is 10.5 Å². The highest BCUT2D eigenvalue weighted by atomic mass is 35.5. The number of alkyl carbamates (subject to hydrolysis) is 1. The van der Waals surface area contributed by atoms with Gasteiger partial charge in [0.25, 0.3) is 0 Å². The Kier molecular flexibility index (Phi) is 10.0. The molecule has 0 aliphatic heterocycles. The highest BCUT2D eigenvalue weighted by Crippen LogP contribution is 2.32. The van der Waals surface area contributed by atoms with Crippen LogP contribution in [0.15, 0.2) is 90.3 Å². The van der Waals surface area contributed by atoms with Gasteiger partial charge < -0.3 is 19.7 Å². The molecule has 9 heteroatoms. The van der Waals surface area contributed by atoms with Crippen LogP contribution in [-0.4, -0.2) is 36.5 Å². The zero-order valence-electron chi connectivity index (χ0n) is 23.9. The van der Waals surface area contributed by atoms with E-state index in [9.17, 15) is 14.4 Å². The third-order valence-corrected chi connectivity index (χ3v) is 7.44. The Morgan fingerprint density at radius 2 is 1.57 bits per heavy atom. The molecule has 1 N–H and O–H groups in total. The summed E-state index contributed by atoms with van der Waals surface area (Å²) in [5, 5.41) is 5.08. The molecule has 0 unspecified atom stereocenters. The number of nitrogens with zero attached hydrogens (tertiary/aromatic N) is 1. The maximum atomic E-state index is 14.4. The third-order valence-electron chi connectivity index (χ3n) is 6.29. The molecule has 1 atom stereocenters. The molecule has 0 aliphatic rings. The monoisotopic (exact) mass is 604 g/mol. The average molecular weight is 605 g/mol. The minimum atomic E-state index is -0.973. The molecule has 0 spiro atoms. The molecule has 0 aliphatic carbocycles. The Labute approximate surface area is 255 Å². The number of carbonyl (C=O) groups is 3. The van der Waals surface area contributed by atoms with Gasteiger partial charge in [0, 0.05) is 17.0 Å². The Morgan fingerprint density at radius 3 is 2.19 bits per heavy atom. The van der Waals surface area contributed by atoms with Gasteiger partial charge in [0.05, 0.1) is 24.2 Å². The van der Waals surface area contributed by atoms with Crippen LogP contribution in [0.2, 0.25) is 5.02 Å². The summed E-state index contributed by atoms with van der Waals surface area (Å²) >= 11 is 7.29. The number of rotatable bonds is 10. The van der Waals surface area contributed by atoms with Gasteiger partial charge in [-0.1, -0.05) is 54.1 Å². The molecule has 3 aromatic carbocycles. The van der Waals surface area contributed by atoms with Crippen molar-refractivity contribution in [2.45, 2.75) is 45.4 Å². The van der Waals surface area contributed by atoms with Gasteiger partial charge >= 0.3 is 6.09 Å². The van der Waals surface area contributed by atoms with Crippen molar-refractivity contribution < 1.29 is 23.9 Å². The molecule has 0 radical (unpaired) electrons. The molecule has 7 nitrogen and oxygen atoms in total. The topological polar surface area (TPSA) is 84.9 Å². The van der Waals surface area contributed by atoms with Gasteiger partial charge in [-0.3, -0.25) is 9.59 Å². The summed E-state index contributed by atoms with van der Waals surface area (Å²) in [7, 11) is 1.58. The van der Waals surface area contributed by atoms with Crippen LogP contribution in [0.1, 0.15) is 47.1 Å². The van der Waals surface area contributed by atoms with Gasteiger partial charge in [-0.05, 0) is 79.7 Å². The van der Waals surface area contributed by atoms with E-state index in [1.54, 1.807) is 68.5 Å². The minimum Gasteiger partial charge on any atom is -0.497 e. The van der Waals surface area contributed by atoms with E-state index < -0.39 is 17.7 Å². The summed E-state index contributed by atoms with van der Waals surface area (Å²) in [5.74, 6) is 0.0623. The number of anilines is 1. The van der Waals surface area contributed by atoms with Gasteiger partial charge in [0.15, 0.2) is 0 Å². The molecule has 0 bridgehead atoms. The quantitative estimate of drug-likeness (QED) is 0.192. The van der Waals surface area contributed by atoms with Gasteiger partial charge in [-0.25, -0.2) is 4.79 Å². The van der Waals surface area contributed by atoms with Crippen LogP contribution in [0.3, 0.4) is 0 Å². The molecule has 1 aromatic heterocycles. The number of nitrogens with one attached hydrogen (secondary N) is 1. The lowest BCUT2D eigenvalue weighted by molar-refractivity contribution is -0.120. The first-order valence-corrected chi connectivity index (χ1v) is 14.7. The van der Waals surface area contributed by atoms with Gasteiger partial charge in [0.1, 0.15) is 17.4 Å². The van der Waals surface area contributed by atoms with Crippen LogP contribution in [0.5, 0.6) is 5.75 Å². The fourth-order valence-corrected chi connectivity index (χ4v) is 5.28. The molecule has 4 rings (SSSR count). The molecule has 0 saturated heterocycles. The first-order chi connectivity index (χ1) is 20.0. The lowest BCUT2D eigenvalue weighted by Gasteiger charge is -2.29. The van der Waals surface area contributed by atoms with E-state index in [4.69, 9.17) is 21.1 Å². The second-order valence-electron chi connectivity index (χ2n) is 10.6. The van der Waals surface area contributed by atoms with E-state index in [0.29, 0.717) is 26.9 Å². The lowest BCUT2D eigenvalue weighted by atomic mass is 10.0. The van der Waals surface area contributed by atoms with E-state index in [0.717, 1.165) is 11.1 Å². The summed E-state index contributed by atoms with van der Waals surface area (Å²) in [4.78, 5) is 42.9. The predicted octanol–water partition coefficient (Wildman–Crippen LogP) is 7.31. The summed E-state index contributed by atoms with van der Waals surface area (Å²) < 4.78 is 10.8. The fraction of sp³-hybridized carbons (Fsp3) is 0.242. The van der Waals surface area contributed by atoms with Crippen LogP contribution >= 0.6 is 22.9 Å². The molecule has 42 heavy (non-hydrogen) atoms. The molecule has 1 heterocycles. The summed E-state index contributed by atoms with van der Waals surface area (Å²) in [5.41, 5.74) is 1.83.